The Kier molecular flexibility index (Phi) is 35.1. The van der Waals surface area contributed by atoms with Crippen molar-refractivity contribution in [2.75, 3.05) is 29.5 Å². The zero-order valence-corrected chi connectivity index (χ0v) is 82.8. The summed E-state index contributed by atoms with van der Waals surface area (Å²) in [5.74, 6) is 3.47. The third-order valence-corrected chi connectivity index (χ3v) is 28.8. The van der Waals surface area contributed by atoms with Gasteiger partial charge in [-0.1, -0.05) is 361 Å². The van der Waals surface area contributed by atoms with Crippen LogP contribution in [0.1, 0.15) is 58.6 Å². The smallest absolute Gasteiger partial charge is 0.252 e. The molecule has 1 fully saturated rings. The van der Waals surface area contributed by atoms with Gasteiger partial charge >= 0.3 is 0 Å². The van der Waals surface area contributed by atoms with Crippen molar-refractivity contribution in [3.63, 3.8) is 0 Å². The zero-order valence-electron chi connectivity index (χ0n) is 74.2. The first kappa shape index (κ1) is 99.3. The molecule has 24 heteroatoms. The maximum absolute atomic E-state index is 10.9. The quantitative estimate of drug-likeness (QED) is 0.0369. The van der Waals surface area contributed by atoms with E-state index >= 15 is 0 Å². The lowest BCUT2D eigenvalue weighted by atomic mass is 9.76. The van der Waals surface area contributed by atoms with Crippen molar-refractivity contribution >= 4 is 235 Å². The number of anilines is 5. The molecule has 0 atom stereocenters. The van der Waals surface area contributed by atoms with Gasteiger partial charge in [-0.3, -0.25) is 4.79 Å². The van der Waals surface area contributed by atoms with Gasteiger partial charge in [0.15, 0.2) is 0 Å². The number of aromatic hydroxyl groups is 1. The molecule has 5 aromatic heterocycles. The van der Waals surface area contributed by atoms with E-state index < -0.39 is 15.8 Å². The van der Waals surface area contributed by atoms with Crippen molar-refractivity contribution in [3.8, 4) is 17.2 Å². The van der Waals surface area contributed by atoms with Crippen LogP contribution in [0.2, 0.25) is 45.5 Å². The standard InChI is InChI=1S/C39H32OP2.2C15H10Cl2N2.2C9H5Cl2N.C9H20N2.C9H7NO2.C6H6ClN/c1-39(2)33-25-15-27-35(41(29-17-7-3-8-18-29)30-19-9-4-10-20-30)37(33)40-38-34(39)26-16-28-36(38)42(31-21-11-5-12-22-31)32-23-13-6-14-24-32;2*16-10-5-7-11(8-6-10)18-15-9-13(17)12-3-1-2-4-14(12)19-15;2*10-7-5-9(11)12-8-4-2-1-3-6(7)8;1-9(2,3)11-8-4-6-10-7-5-8;11-8-5-9(12)10-7-4-2-1-3-6(7)8;7-5-1-3-6(8)4-2-5/h3-28H,1-2H3;2*1-9H,(H,18,19);2*1-5H;8,10-11H,4-7H2,1-3H3;1-5H,(H2,10,11,12);1-4H,8H2. The van der Waals surface area contributed by atoms with Gasteiger partial charge in [-0.15, -0.1) is 0 Å². The number of nitrogens with one attached hydrogen (secondary N) is 5. The first-order chi connectivity index (χ1) is 65.2. The summed E-state index contributed by atoms with van der Waals surface area (Å²) in [5.41, 5.74) is 14.3. The summed E-state index contributed by atoms with van der Waals surface area (Å²) in [6, 6.07) is 126. The molecule has 19 aromatic rings. The number of ether oxygens (including phenoxy) is 1. The number of para-hydroxylation sites is 7. The van der Waals surface area contributed by atoms with Crippen LogP contribution in [0.4, 0.5) is 28.7 Å². The number of nitrogens with two attached hydrogens (primary N) is 1. The lowest BCUT2D eigenvalue weighted by molar-refractivity contribution is 0.304. The minimum atomic E-state index is -0.824. The molecule has 8 N–H and O–H groups in total. The Balaban J connectivity index is 0.000000133. The van der Waals surface area contributed by atoms with Gasteiger partial charge in [-0.05, 0) is 205 Å². The fourth-order valence-corrected chi connectivity index (χ4v) is 21.9. The number of piperidine rings is 1. The molecule has 21 rings (SSSR count). The summed E-state index contributed by atoms with van der Waals surface area (Å²) in [6.07, 6.45) is 2.55. The van der Waals surface area contributed by atoms with Gasteiger partial charge < -0.3 is 41.8 Å². The normalized spacial score (nSPS) is 12.3. The Bertz CT molecular complexity index is 6800. The Labute approximate surface area is 833 Å². The Morgan fingerprint density at radius 3 is 1.07 bits per heavy atom. The van der Waals surface area contributed by atoms with Crippen LogP contribution in [0.15, 0.2) is 387 Å². The summed E-state index contributed by atoms with van der Waals surface area (Å²) in [4.78, 5) is 30.8. The van der Waals surface area contributed by atoms with Gasteiger partial charge in [-0.25, -0.2) is 19.9 Å². The number of pyridine rings is 5. The molecule has 0 amide bonds. The van der Waals surface area contributed by atoms with Crippen molar-refractivity contribution in [1.82, 2.24) is 35.6 Å². The molecule has 7 heterocycles. The Morgan fingerprint density at radius 1 is 0.385 bits per heavy atom. The van der Waals surface area contributed by atoms with E-state index in [1.807, 2.05) is 158 Å². The van der Waals surface area contributed by atoms with E-state index in [0.717, 1.165) is 83.2 Å². The SMILES string of the molecule is CC(C)(C)NC1CCNCC1.CC1(C)c2cccc(P(c3ccccc3)c3ccccc3)c2Oc2c(P(c3ccccc3)c3ccccc3)cccc21.Clc1cc(Cl)c2ccccc2n1.Clc1cc(Cl)c2ccccc2n1.Clc1ccc(Nc2cc(Cl)c3ccccc3n2)cc1.Clc1ccc(Nc2cc(Cl)c3ccccc3n2)cc1.Nc1ccc(Cl)cc1.O=c1cc(O)c2ccccc2[nH]1. The van der Waals surface area contributed by atoms with Crippen LogP contribution in [0.25, 0.3) is 54.5 Å². The van der Waals surface area contributed by atoms with Crippen molar-refractivity contribution < 1.29 is 9.84 Å². The summed E-state index contributed by atoms with van der Waals surface area (Å²) in [6.45, 7) is 13.7. The summed E-state index contributed by atoms with van der Waals surface area (Å²) >= 11 is 53.1. The Hall–Kier alpha value is -11.7. The summed E-state index contributed by atoms with van der Waals surface area (Å²) in [7, 11) is -1.65. The van der Waals surface area contributed by atoms with Crippen LogP contribution >= 0.6 is 120 Å². The molecule has 0 saturated carbocycles. The molecule has 1 saturated heterocycles. The van der Waals surface area contributed by atoms with Crippen molar-refractivity contribution in [1.29, 1.82) is 0 Å². The monoisotopic (exact) mass is 1990 g/mol. The highest BCUT2D eigenvalue weighted by Crippen LogP contribution is 2.53. The molecule has 135 heavy (non-hydrogen) atoms. The minimum Gasteiger partial charge on any atom is -0.507 e. The number of rotatable bonds is 11. The number of hydrogen-bond donors (Lipinski definition) is 7. The average Bonchev–Trinajstić information content (AvgIpc) is 0.721. The van der Waals surface area contributed by atoms with Crippen molar-refractivity contribution in [2.45, 2.75) is 64.5 Å². The molecule has 14 aromatic carbocycles. The molecule has 0 bridgehead atoms. The molecule has 680 valence electrons. The minimum absolute atomic E-state index is 0.0225. The maximum Gasteiger partial charge on any atom is 0.252 e. The van der Waals surface area contributed by atoms with Gasteiger partial charge in [0.1, 0.15) is 39.2 Å². The second-order valence-electron chi connectivity index (χ2n) is 32.7. The lowest BCUT2D eigenvalue weighted by Crippen LogP contribution is -2.48. The van der Waals surface area contributed by atoms with Gasteiger partial charge in [0.05, 0.1) is 47.7 Å². The highest BCUT2D eigenvalue weighted by atomic mass is 35.5. The van der Waals surface area contributed by atoms with Crippen LogP contribution in [0.3, 0.4) is 0 Å². The summed E-state index contributed by atoms with van der Waals surface area (Å²) in [5, 5.41) is 40.6. The number of halogens is 9. The predicted octanol–water partition coefficient (Wildman–Crippen LogP) is 29.6. The van der Waals surface area contributed by atoms with Crippen LogP contribution in [0, 0.1) is 0 Å². The second kappa shape index (κ2) is 47.7. The van der Waals surface area contributed by atoms with Gasteiger partial charge in [0, 0.05) is 116 Å². The molecule has 2 aliphatic heterocycles. The van der Waals surface area contributed by atoms with Gasteiger partial charge in [0.2, 0.25) is 0 Å². The topological polar surface area (TPSA) is 188 Å². The zero-order chi connectivity index (χ0) is 95.0. The number of aromatic amines is 1. The molecule has 13 nitrogen and oxygen atoms in total. The van der Waals surface area contributed by atoms with Gasteiger partial charge in [0.25, 0.3) is 5.56 Å². The molecular formula is C111H95Cl9N10O3P2. The van der Waals surface area contributed by atoms with E-state index in [-0.39, 0.29) is 22.3 Å². The van der Waals surface area contributed by atoms with Crippen LogP contribution < -0.4 is 69.1 Å². The number of hydrogen-bond acceptors (Lipinski definition) is 12. The van der Waals surface area contributed by atoms with E-state index in [1.165, 1.54) is 75.0 Å². The number of benzene rings is 14. The number of aromatic nitrogens is 5. The molecule has 2 aliphatic rings. The number of nitrogen functional groups attached to an aromatic ring is 1. The molecule has 0 unspecified atom stereocenters. The van der Waals surface area contributed by atoms with Crippen LogP contribution in [-0.2, 0) is 5.41 Å². The first-order valence-electron chi connectivity index (χ1n) is 43.4. The highest BCUT2D eigenvalue weighted by Gasteiger charge is 2.39. The predicted molar refractivity (Wildman–Crippen MR) is 580 cm³/mol. The fraction of sp³-hybridized carbons (Fsp3) is 0.108. The number of fused-ring (bicyclic) bond motifs is 7. The molecular weight excluding hydrogens is 1900 g/mol. The molecule has 0 radical (unpaired) electrons. The van der Waals surface area contributed by atoms with E-state index in [9.17, 15) is 9.90 Å². The van der Waals surface area contributed by atoms with Crippen molar-refractivity contribution in [2.24, 2.45) is 0 Å². The Morgan fingerprint density at radius 2 is 0.711 bits per heavy atom. The lowest BCUT2D eigenvalue weighted by Gasteiger charge is -2.38. The molecule has 0 aliphatic carbocycles. The number of H-pyrrole nitrogens is 1. The largest absolute Gasteiger partial charge is 0.507 e. The average molecular weight is 2000 g/mol. The van der Waals surface area contributed by atoms with Crippen LogP contribution in [-0.4, -0.2) is 54.7 Å². The van der Waals surface area contributed by atoms with E-state index in [0.29, 0.717) is 63.0 Å². The van der Waals surface area contributed by atoms with E-state index in [1.54, 1.807) is 60.7 Å². The third kappa shape index (κ3) is 27.4. The highest BCUT2D eigenvalue weighted by molar-refractivity contribution is 7.80. The second-order valence-corrected chi connectivity index (χ2v) is 40.8. The van der Waals surface area contributed by atoms with Crippen molar-refractivity contribution in [3.05, 3.63) is 449 Å². The fourth-order valence-electron chi connectivity index (χ4n) is 15.2. The van der Waals surface area contributed by atoms with E-state index in [4.69, 9.17) is 115 Å². The van der Waals surface area contributed by atoms with E-state index in [2.05, 4.69) is 239 Å². The molecule has 0 spiro atoms. The third-order valence-electron chi connectivity index (χ3n) is 21.5. The first-order valence-corrected chi connectivity index (χ1v) is 49.5. The van der Waals surface area contributed by atoms with Crippen LogP contribution in [0.5, 0.6) is 17.2 Å². The summed E-state index contributed by atoms with van der Waals surface area (Å²) < 4.78 is 7.26. The number of nitrogens with zero attached hydrogens (tertiary/aromatic N) is 4. The van der Waals surface area contributed by atoms with Gasteiger partial charge in [-0.2, -0.15) is 0 Å². The maximum atomic E-state index is 10.9.